The number of ether oxygens (including phenoxy) is 2. The summed E-state index contributed by atoms with van der Waals surface area (Å²) in [6.45, 7) is 1.70. The van der Waals surface area contributed by atoms with E-state index in [-0.39, 0.29) is 13.3 Å². The van der Waals surface area contributed by atoms with Gasteiger partial charge in [-0.3, -0.25) is 19.3 Å². The molecule has 28 heavy (non-hydrogen) atoms. The van der Waals surface area contributed by atoms with E-state index < -0.39 is 17.1 Å². The maximum Gasteiger partial charge on any atom is 0.294 e. The first-order chi connectivity index (χ1) is 13.5. The Morgan fingerprint density at radius 3 is 2.79 bits per heavy atom. The number of benzene rings is 2. The first-order valence-electron chi connectivity index (χ1n) is 8.52. The van der Waals surface area contributed by atoms with Crippen molar-refractivity contribution in [2.75, 3.05) is 18.7 Å². The van der Waals surface area contributed by atoms with E-state index >= 15 is 0 Å². The molecule has 2 heterocycles. The van der Waals surface area contributed by atoms with Crippen LogP contribution >= 0.6 is 11.8 Å². The molecule has 0 saturated carbocycles. The lowest BCUT2D eigenvalue weighted by Gasteiger charge is -2.12. The minimum absolute atomic E-state index is 0.136. The second-order valence-electron chi connectivity index (χ2n) is 6.24. The third-order valence-corrected chi connectivity index (χ3v) is 5.21. The lowest BCUT2D eigenvalue weighted by Crippen LogP contribution is -2.36. The van der Waals surface area contributed by atoms with Gasteiger partial charge in [-0.2, -0.15) is 0 Å². The van der Waals surface area contributed by atoms with Crippen LogP contribution in [0.5, 0.6) is 11.5 Å². The molecule has 7 nitrogen and oxygen atoms in total. The highest BCUT2D eigenvalue weighted by atomic mass is 32.2. The summed E-state index contributed by atoms with van der Waals surface area (Å²) in [7, 11) is 0. The molecule has 0 atom stereocenters. The lowest BCUT2D eigenvalue weighted by molar-refractivity contribution is -0.127. The second-order valence-corrected chi connectivity index (χ2v) is 7.23. The maximum atomic E-state index is 12.6. The molecule has 3 amide bonds. The third kappa shape index (κ3) is 3.59. The molecule has 142 valence electrons. The topological polar surface area (TPSA) is 84.9 Å². The number of aryl methyl sites for hydroxylation is 1. The van der Waals surface area contributed by atoms with Gasteiger partial charge in [0.05, 0.1) is 4.91 Å². The summed E-state index contributed by atoms with van der Waals surface area (Å²) in [5.74, 6) is 0.188. The fourth-order valence-corrected chi connectivity index (χ4v) is 3.67. The highest BCUT2D eigenvalue weighted by Gasteiger charge is 2.36. The van der Waals surface area contributed by atoms with Gasteiger partial charge in [-0.25, -0.2) is 0 Å². The average Bonchev–Trinajstić information content (AvgIpc) is 3.23. The van der Waals surface area contributed by atoms with Crippen LogP contribution in [0, 0.1) is 6.92 Å². The molecule has 0 unspecified atom stereocenters. The van der Waals surface area contributed by atoms with Gasteiger partial charge >= 0.3 is 0 Å². The number of nitrogens with zero attached hydrogens (tertiary/aromatic N) is 1. The Bertz CT molecular complexity index is 1020. The molecule has 0 spiro atoms. The van der Waals surface area contributed by atoms with Crippen molar-refractivity contribution < 1.29 is 23.9 Å². The van der Waals surface area contributed by atoms with Crippen molar-refractivity contribution in [2.45, 2.75) is 6.92 Å². The predicted molar refractivity (Wildman–Crippen MR) is 105 cm³/mol. The summed E-state index contributed by atoms with van der Waals surface area (Å²) in [4.78, 5) is 38.4. The van der Waals surface area contributed by atoms with Gasteiger partial charge in [0, 0.05) is 11.8 Å². The molecule has 1 fully saturated rings. The number of fused-ring (bicyclic) bond motifs is 1. The van der Waals surface area contributed by atoms with Crippen molar-refractivity contribution in [2.24, 2.45) is 0 Å². The molecule has 0 radical (unpaired) electrons. The summed E-state index contributed by atoms with van der Waals surface area (Å²) in [6.07, 6.45) is 1.68. The van der Waals surface area contributed by atoms with Crippen LogP contribution in [0.2, 0.25) is 0 Å². The highest BCUT2D eigenvalue weighted by molar-refractivity contribution is 8.18. The zero-order chi connectivity index (χ0) is 19.7. The molecule has 8 heteroatoms. The van der Waals surface area contributed by atoms with Crippen LogP contribution in [0.1, 0.15) is 11.1 Å². The smallest absolute Gasteiger partial charge is 0.294 e. The minimum atomic E-state index is -0.474. The first kappa shape index (κ1) is 18.1. The van der Waals surface area contributed by atoms with E-state index in [2.05, 4.69) is 5.32 Å². The van der Waals surface area contributed by atoms with Crippen molar-refractivity contribution in [3.63, 3.8) is 0 Å². The van der Waals surface area contributed by atoms with Crippen molar-refractivity contribution in [1.82, 2.24) is 4.90 Å². The standard InChI is InChI=1S/C20H16N2O5S/c1-12-4-2-3-5-13(12)8-17-19(24)22(20(25)28-17)10-18(23)21-14-6-7-15-16(9-14)27-11-26-15/h2-9H,10-11H2,1H3,(H,21,23)/b17-8+. The van der Waals surface area contributed by atoms with Gasteiger partial charge in [0.25, 0.3) is 11.1 Å². The molecule has 1 N–H and O–H groups in total. The number of anilines is 1. The van der Waals surface area contributed by atoms with E-state index in [1.165, 1.54) is 0 Å². The second kappa shape index (κ2) is 7.40. The Morgan fingerprint density at radius 1 is 1.18 bits per heavy atom. The molecule has 2 aliphatic heterocycles. The molecule has 4 rings (SSSR count). The number of rotatable bonds is 4. The van der Waals surface area contributed by atoms with Crippen LogP contribution in [0.4, 0.5) is 10.5 Å². The van der Waals surface area contributed by atoms with Crippen molar-refractivity contribution in [3.8, 4) is 11.5 Å². The van der Waals surface area contributed by atoms with E-state index in [1.54, 1.807) is 24.3 Å². The molecular weight excluding hydrogens is 380 g/mol. The summed E-state index contributed by atoms with van der Waals surface area (Å²) >= 11 is 0.832. The van der Waals surface area contributed by atoms with Gasteiger partial charge in [0.1, 0.15) is 6.54 Å². The maximum absolute atomic E-state index is 12.6. The van der Waals surface area contributed by atoms with E-state index in [1.807, 2.05) is 31.2 Å². The predicted octanol–water partition coefficient (Wildman–Crippen LogP) is 3.40. The van der Waals surface area contributed by atoms with E-state index in [0.717, 1.165) is 27.8 Å². The monoisotopic (exact) mass is 396 g/mol. The third-order valence-electron chi connectivity index (χ3n) is 4.31. The van der Waals surface area contributed by atoms with Crippen molar-refractivity contribution in [3.05, 3.63) is 58.5 Å². The molecule has 2 aliphatic rings. The Kier molecular flexibility index (Phi) is 4.79. The Hall–Kier alpha value is -3.26. The summed E-state index contributed by atoms with van der Waals surface area (Å²) in [6, 6.07) is 12.5. The molecule has 0 aromatic heterocycles. The van der Waals surface area contributed by atoms with E-state index in [0.29, 0.717) is 22.1 Å². The van der Waals surface area contributed by atoms with Crippen LogP contribution < -0.4 is 14.8 Å². The van der Waals surface area contributed by atoms with Crippen LogP contribution in [0.25, 0.3) is 6.08 Å². The molecule has 1 saturated heterocycles. The number of hydrogen-bond acceptors (Lipinski definition) is 6. The minimum Gasteiger partial charge on any atom is -0.454 e. The molecule has 2 aromatic carbocycles. The fraction of sp³-hybridized carbons (Fsp3) is 0.150. The summed E-state index contributed by atoms with van der Waals surface area (Å²) in [5.41, 5.74) is 2.35. The quantitative estimate of drug-likeness (QED) is 0.798. The number of carbonyl (C=O) groups is 3. The SMILES string of the molecule is Cc1ccccc1/C=C1/SC(=O)N(CC(=O)Nc2ccc3c(c2)OCO3)C1=O. The summed E-state index contributed by atoms with van der Waals surface area (Å²) < 4.78 is 10.5. The highest BCUT2D eigenvalue weighted by Crippen LogP contribution is 2.35. The Morgan fingerprint density at radius 2 is 1.96 bits per heavy atom. The number of amides is 3. The van der Waals surface area contributed by atoms with Gasteiger partial charge < -0.3 is 14.8 Å². The molecule has 0 bridgehead atoms. The van der Waals surface area contributed by atoms with Crippen LogP contribution in [-0.2, 0) is 9.59 Å². The number of nitrogens with one attached hydrogen (secondary N) is 1. The lowest BCUT2D eigenvalue weighted by atomic mass is 10.1. The van der Waals surface area contributed by atoms with Crippen molar-refractivity contribution in [1.29, 1.82) is 0 Å². The van der Waals surface area contributed by atoms with Crippen molar-refractivity contribution >= 4 is 40.6 Å². The van der Waals surface area contributed by atoms with Crippen LogP contribution in [0.15, 0.2) is 47.4 Å². The van der Waals surface area contributed by atoms with Gasteiger partial charge in [-0.05, 0) is 48.0 Å². The van der Waals surface area contributed by atoms with Gasteiger partial charge in [-0.1, -0.05) is 24.3 Å². The van der Waals surface area contributed by atoms with Gasteiger partial charge in [0.15, 0.2) is 11.5 Å². The zero-order valence-electron chi connectivity index (χ0n) is 14.9. The normalized spacial score (nSPS) is 16.8. The van der Waals surface area contributed by atoms with E-state index in [9.17, 15) is 14.4 Å². The number of thioether (sulfide) groups is 1. The average molecular weight is 396 g/mol. The largest absolute Gasteiger partial charge is 0.454 e. The van der Waals surface area contributed by atoms with Gasteiger partial charge in [0.2, 0.25) is 12.7 Å². The first-order valence-corrected chi connectivity index (χ1v) is 9.33. The molecular formula is C20H16N2O5S. The van der Waals surface area contributed by atoms with Gasteiger partial charge in [-0.15, -0.1) is 0 Å². The zero-order valence-corrected chi connectivity index (χ0v) is 15.7. The Labute approximate surface area is 165 Å². The fourth-order valence-electron chi connectivity index (χ4n) is 2.84. The Balaban J connectivity index is 1.44. The molecule has 0 aliphatic carbocycles. The number of imide groups is 1. The molecule has 2 aromatic rings. The van der Waals surface area contributed by atoms with Crippen LogP contribution in [-0.4, -0.2) is 35.3 Å². The summed E-state index contributed by atoms with van der Waals surface area (Å²) in [5, 5.41) is 2.20. The van der Waals surface area contributed by atoms with Crippen LogP contribution in [0.3, 0.4) is 0 Å². The number of hydrogen-bond donors (Lipinski definition) is 1. The number of carbonyl (C=O) groups excluding carboxylic acids is 3. The van der Waals surface area contributed by atoms with E-state index in [4.69, 9.17) is 9.47 Å².